The second-order valence-electron chi connectivity index (χ2n) is 11.1. The number of anilines is 1. The Kier molecular flexibility index (Phi) is 8.41. The van der Waals surface area contributed by atoms with Crippen molar-refractivity contribution in [1.29, 1.82) is 0 Å². The first-order chi connectivity index (χ1) is 17.9. The molecule has 0 aromatic heterocycles. The molecule has 7 heteroatoms. The average molecular weight is 543 g/mol. The molecule has 38 heavy (non-hydrogen) atoms. The molecule has 0 unspecified atom stereocenters. The molecular weight excluding hydrogens is 509 g/mol. The molecule has 202 valence electrons. The molecule has 0 saturated heterocycles. The van der Waals surface area contributed by atoms with Crippen LogP contribution in [0.25, 0.3) is 0 Å². The van der Waals surface area contributed by atoms with E-state index in [-0.39, 0.29) is 17.9 Å². The third-order valence-electron chi connectivity index (χ3n) is 6.90. The number of nitrogens with one attached hydrogen (secondary N) is 1. The summed E-state index contributed by atoms with van der Waals surface area (Å²) in [6.07, 6.45) is -1.76. The Bertz CT molecular complexity index is 1260. The highest BCUT2D eigenvalue weighted by atomic mass is 35.5. The van der Waals surface area contributed by atoms with Crippen LogP contribution in [0.15, 0.2) is 66.7 Å². The zero-order valence-electron chi connectivity index (χ0n) is 22.0. The lowest BCUT2D eigenvalue weighted by molar-refractivity contribution is -0.137. The minimum atomic E-state index is -4.41. The van der Waals surface area contributed by atoms with E-state index in [0.717, 1.165) is 29.9 Å². The van der Waals surface area contributed by atoms with Gasteiger partial charge in [-0.1, -0.05) is 74.8 Å². The van der Waals surface area contributed by atoms with Crippen molar-refractivity contribution in [2.75, 3.05) is 18.4 Å². The number of hydrogen-bond acceptors (Lipinski definition) is 2. The van der Waals surface area contributed by atoms with Crippen LogP contribution in [0.1, 0.15) is 66.2 Å². The van der Waals surface area contributed by atoms with E-state index in [1.54, 1.807) is 23.1 Å². The topological polar surface area (TPSA) is 32.3 Å². The zero-order chi connectivity index (χ0) is 27.5. The maximum atomic E-state index is 13.9. The fraction of sp³-hybridized carbons (Fsp3) is 0.387. The van der Waals surface area contributed by atoms with E-state index in [9.17, 15) is 18.0 Å². The van der Waals surface area contributed by atoms with Gasteiger partial charge in [0.1, 0.15) is 0 Å². The fourth-order valence-corrected chi connectivity index (χ4v) is 4.52. The van der Waals surface area contributed by atoms with Crippen molar-refractivity contribution in [1.82, 2.24) is 4.90 Å². The predicted molar refractivity (Wildman–Crippen MR) is 148 cm³/mol. The summed E-state index contributed by atoms with van der Waals surface area (Å²) >= 11 is 6.29. The molecular formula is C31H34ClF3N2O. The van der Waals surface area contributed by atoms with Gasteiger partial charge < -0.3 is 10.2 Å². The van der Waals surface area contributed by atoms with Crippen LogP contribution in [0.2, 0.25) is 5.02 Å². The van der Waals surface area contributed by atoms with Gasteiger partial charge in [-0.05, 0) is 71.6 Å². The van der Waals surface area contributed by atoms with Gasteiger partial charge in [0.05, 0.1) is 11.1 Å². The van der Waals surface area contributed by atoms with Crippen LogP contribution < -0.4 is 5.32 Å². The number of carbonyl (C=O) groups excluding carboxylic acids is 1. The van der Waals surface area contributed by atoms with Crippen LogP contribution in [0.3, 0.4) is 0 Å². The van der Waals surface area contributed by atoms with E-state index in [0.29, 0.717) is 35.0 Å². The second-order valence-corrected chi connectivity index (χ2v) is 11.6. The molecule has 0 heterocycles. The molecule has 1 aliphatic rings. The summed E-state index contributed by atoms with van der Waals surface area (Å²) in [4.78, 5) is 15.6. The van der Waals surface area contributed by atoms with Crippen LogP contribution in [0.4, 0.5) is 18.9 Å². The molecule has 3 aromatic rings. The lowest BCUT2D eigenvalue weighted by Gasteiger charge is -2.25. The number of amides is 1. The minimum absolute atomic E-state index is 0.000449. The van der Waals surface area contributed by atoms with E-state index in [1.807, 2.05) is 18.2 Å². The Morgan fingerprint density at radius 2 is 1.66 bits per heavy atom. The van der Waals surface area contributed by atoms with Crippen LogP contribution in [0, 0.1) is 5.92 Å². The van der Waals surface area contributed by atoms with Crippen molar-refractivity contribution >= 4 is 23.2 Å². The van der Waals surface area contributed by atoms with Gasteiger partial charge in [0.2, 0.25) is 0 Å². The summed E-state index contributed by atoms with van der Waals surface area (Å²) in [6, 6.07) is 18.7. The van der Waals surface area contributed by atoms with E-state index < -0.39 is 11.7 Å². The van der Waals surface area contributed by atoms with Crippen molar-refractivity contribution in [2.24, 2.45) is 5.92 Å². The van der Waals surface area contributed by atoms with Gasteiger partial charge in [-0.15, -0.1) is 0 Å². The standard InChI is InChI=1S/C31H34ClF3N2O/c1-30(2,3)24-11-9-23(10-12-24)20-37(16-15-21-5-4-6-25(17-21)31(33,34)35)29(38)27-18-26(32)13-14-28(27)36-19-22-7-8-22/h4-6,9-14,17-18,22,36H,7-8,15-16,19-20H2,1-3H3. The van der Waals surface area contributed by atoms with Crippen LogP contribution in [-0.2, 0) is 24.6 Å². The first-order valence-electron chi connectivity index (χ1n) is 13.0. The lowest BCUT2D eigenvalue weighted by Crippen LogP contribution is -2.33. The van der Waals surface area contributed by atoms with Crippen molar-refractivity contribution in [3.05, 3.63) is 99.6 Å². The molecule has 0 radical (unpaired) electrons. The number of carbonyl (C=O) groups is 1. The summed E-state index contributed by atoms with van der Waals surface area (Å²) in [7, 11) is 0. The third kappa shape index (κ3) is 7.53. The van der Waals surface area contributed by atoms with Gasteiger partial charge in [-0.25, -0.2) is 0 Å². The van der Waals surface area contributed by atoms with Crippen LogP contribution in [-0.4, -0.2) is 23.9 Å². The highest BCUT2D eigenvalue weighted by Crippen LogP contribution is 2.32. The van der Waals surface area contributed by atoms with E-state index >= 15 is 0 Å². The third-order valence-corrected chi connectivity index (χ3v) is 7.13. The molecule has 1 fully saturated rings. The Morgan fingerprint density at radius 1 is 0.947 bits per heavy atom. The number of rotatable bonds is 9. The molecule has 0 bridgehead atoms. The summed E-state index contributed by atoms with van der Waals surface area (Å²) in [6.45, 7) is 7.81. The molecule has 0 aliphatic heterocycles. The first-order valence-corrected chi connectivity index (χ1v) is 13.4. The fourth-order valence-electron chi connectivity index (χ4n) is 4.34. The van der Waals surface area contributed by atoms with Gasteiger partial charge >= 0.3 is 6.18 Å². The van der Waals surface area contributed by atoms with Crippen molar-refractivity contribution in [3.63, 3.8) is 0 Å². The normalized spacial score (nSPS) is 13.9. The number of nitrogens with zero attached hydrogens (tertiary/aromatic N) is 1. The minimum Gasteiger partial charge on any atom is -0.384 e. The van der Waals surface area contributed by atoms with Crippen LogP contribution in [0.5, 0.6) is 0 Å². The highest BCUT2D eigenvalue weighted by molar-refractivity contribution is 6.31. The van der Waals surface area contributed by atoms with Gasteiger partial charge in [0.25, 0.3) is 5.91 Å². The Hall–Kier alpha value is -2.99. The number of alkyl halides is 3. The Balaban J connectivity index is 1.60. The summed E-state index contributed by atoms with van der Waals surface area (Å²) in [5.41, 5.74) is 3.16. The summed E-state index contributed by atoms with van der Waals surface area (Å²) < 4.78 is 39.8. The first kappa shape index (κ1) is 28.0. The maximum absolute atomic E-state index is 13.9. The Labute approximate surface area is 228 Å². The van der Waals surface area contributed by atoms with E-state index in [2.05, 4.69) is 38.2 Å². The molecule has 0 spiro atoms. The number of benzene rings is 3. The molecule has 0 atom stereocenters. The van der Waals surface area contributed by atoms with Crippen LogP contribution >= 0.6 is 11.6 Å². The zero-order valence-corrected chi connectivity index (χ0v) is 22.8. The van der Waals surface area contributed by atoms with E-state index in [1.165, 1.54) is 24.5 Å². The Morgan fingerprint density at radius 3 is 2.29 bits per heavy atom. The highest BCUT2D eigenvalue weighted by Gasteiger charge is 2.30. The van der Waals surface area contributed by atoms with Crippen molar-refractivity contribution in [2.45, 2.75) is 58.2 Å². The van der Waals surface area contributed by atoms with Gasteiger partial charge in [-0.3, -0.25) is 4.79 Å². The molecule has 1 amide bonds. The largest absolute Gasteiger partial charge is 0.416 e. The molecule has 3 nitrogen and oxygen atoms in total. The van der Waals surface area contributed by atoms with Gasteiger partial charge in [0.15, 0.2) is 0 Å². The summed E-state index contributed by atoms with van der Waals surface area (Å²) in [5, 5.41) is 3.85. The molecule has 4 rings (SSSR count). The molecule has 1 saturated carbocycles. The molecule has 3 aromatic carbocycles. The van der Waals surface area contributed by atoms with Crippen molar-refractivity contribution in [3.8, 4) is 0 Å². The lowest BCUT2D eigenvalue weighted by atomic mass is 9.87. The monoisotopic (exact) mass is 542 g/mol. The quantitative estimate of drug-likeness (QED) is 0.294. The second kappa shape index (κ2) is 11.4. The van der Waals surface area contributed by atoms with E-state index in [4.69, 9.17) is 11.6 Å². The van der Waals surface area contributed by atoms with Crippen molar-refractivity contribution < 1.29 is 18.0 Å². The van der Waals surface area contributed by atoms with Gasteiger partial charge in [0, 0.05) is 30.3 Å². The summed E-state index contributed by atoms with van der Waals surface area (Å²) in [5.74, 6) is 0.407. The van der Waals surface area contributed by atoms with Gasteiger partial charge in [-0.2, -0.15) is 13.2 Å². The SMILES string of the molecule is CC(C)(C)c1ccc(CN(CCc2cccc(C(F)(F)F)c2)C(=O)c2cc(Cl)ccc2NCC2CC2)cc1. The number of hydrogen-bond donors (Lipinski definition) is 1. The predicted octanol–water partition coefficient (Wildman–Crippen LogP) is 8.36. The molecule has 1 aliphatic carbocycles. The average Bonchev–Trinajstić information content (AvgIpc) is 3.69. The number of halogens is 4. The smallest absolute Gasteiger partial charge is 0.384 e. The molecule has 1 N–H and O–H groups in total. The maximum Gasteiger partial charge on any atom is 0.416 e.